The zero-order valence-corrected chi connectivity index (χ0v) is 11.7. The molecule has 0 aliphatic rings. The lowest BCUT2D eigenvalue weighted by molar-refractivity contribution is 0.252. The fraction of sp³-hybridized carbons (Fsp3) is 0.417. The maximum Gasteiger partial charge on any atom is 0.319 e. The molecule has 0 saturated carbocycles. The summed E-state index contributed by atoms with van der Waals surface area (Å²) in [6, 6.07) is 3.80. The van der Waals surface area contributed by atoms with E-state index in [-0.39, 0.29) is 18.1 Å². The van der Waals surface area contributed by atoms with Crippen LogP contribution in [-0.2, 0) is 9.84 Å². The lowest BCUT2D eigenvalue weighted by Crippen LogP contribution is -2.30. The van der Waals surface area contributed by atoms with Crippen molar-refractivity contribution in [1.82, 2.24) is 5.32 Å². The number of carbonyl (C=O) groups excluding carboxylic acids is 1. The van der Waals surface area contributed by atoms with Gasteiger partial charge < -0.3 is 10.6 Å². The Bertz CT molecular complexity index is 558. The van der Waals surface area contributed by atoms with Gasteiger partial charge in [-0.2, -0.15) is 0 Å². The summed E-state index contributed by atoms with van der Waals surface area (Å²) in [5.74, 6) is -0.303. The number of nitrogens with one attached hydrogen (secondary N) is 2. The highest BCUT2D eigenvalue weighted by Crippen LogP contribution is 2.13. The number of hydrogen-bond donors (Lipinski definition) is 2. The van der Waals surface area contributed by atoms with Crippen LogP contribution in [0.5, 0.6) is 0 Å². The van der Waals surface area contributed by atoms with Gasteiger partial charge in [0.25, 0.3) is 0 Å². The van der Waals surface area contributed by atoms with Gasteiger partial charge in [-0.05, 0) is 37.1 Å². The molecule has 0 saturated heterocycles. The van der Waals surface area contributed by atoms with Crippen molar-refractivity contribution in [3.63, 3.8) is 0 Å². The summed E-state index contributed by atoms with van der Waals surface area (Å²) < 4.78 is 34.8. The highest BCUT2D eigenvalue weighted by Gasteiger charge is 2.05. The Kier molecular flexibility index (Phi) is 5.29. The molecule has 5 nitrogen and oxygen atoms in total. The van der Waals surface area contributed by atoms with Crippen molar-refractivity contribution in [3.05, 3.63) is 29.6 Å². The average molecular weight is 288 g/mol. The summed E-state index contributed by atoms with van der Waals surface area (Å²) >= 11 is 0. The molecule has 0 aliphatic heterocycles. The monoisotopic (exact) mass is 288 g/mol. The summed E-state index contributed by atoms with van der Waals surface area (Å²) in [5, 5.41) is 5.07. The zero-order valence-electron chi connectivity index (χ0n) is 10.9. The third-order valence-corrected chi connectivity index (χ3v) is 3.42. The summed E-state index contributed by atoms with van der Waals surface area (Å²) in [6.07, 6.45) is 1.50. The van der Waals surface area contributed by atoms with Crippen LogP contribution in [0.25, 0.3) is 0 Å². The summed E-state index contributed by atoms with van der Waals surface area (Å²) in [5.41, 5.74) is 0.925. The average Bonchev–Trinajstić information content (AvgIpc) is 2.28. The van der Waals surface area contributed by atoms with Crippen molar-refractivity contribution < 1.29 is 17.6 Å². The number of sulfone groups is 1. The van der Waals surface area contributed by atoms with Gasteiger partial charge in [0.2, 0.25) is 0 Å². The first-order chi connectivity index (χ1) is 8.78. The molecule has 0 unspecified atom stereocenters. The predicted octanol–water partition coefficient (Wildman–Crippen LogP) is 1.69. The summed E-state index contributed by atoms with van der Waals surface area (Å²) in [4.78, 5) is 11.5. The lowest BCUT2D eigenvalue weighted by Gasteiger charge is -2.08. The molecular formula is C12H17FN2O3S. The van der Waals surface area contributed by atoms with Gasteiger partial charge in [0.1, 0.15) is 15.7 Å². The number of carbonyl (C=O) groups is 1. The molecule has 0 spiro atoms. The first kappa shape index (κ1) is 15.4. The summed E-state index contributed by atoms with van der Waals surface area (Å²) in [6.45, 7) is 1.86. The Morgan fingerprint density at radius 3 is 2.63 bits per heavy atom. The molecule has 2 amide bonds. The molecule has 1 aromatic carbocycles. The Labute approximate surface area is 112 Å². The smallest absolute Gasteiger partial charge is 0.319 e. The van der Waals surface area contributed by atoms with E-state index in [0.717, 1.165) is 6.26 Å². The minimum atomic E-state index is -3.00. The first-order valence-electron chi connectivity index (χ1n) is 5.76. The number of hydrogen-bond acceptors (Lipinski definition) is 3. The van der Waals surface area contributed by atoms with E-state index in [2.05, 4.69) is 10.6 Å². The molecule has 0 bridgehead atoms. The van der Waals surface area contributed by atoms with Crippen LogP contribution in [0, 0.1) is 12.7 Å². The minimum Gasteiger partial charge on any atom is -0.338 e. The van der Waals surface area contributed by atoms with E-state index in [1.807, 2.05) is 0 Å². The molecule has 0 heterocycles. The maximum absolute atomic E-state index is 13.0. The third kappa shape index (κ3) is 6.19. The number of benzene rings is 1. The van der Waals surface area contributed by atoms with Crippen molar-refractivity contribution >= 4 is 21.6 Å². The molecule has 1 aromatic rings. The van der Waals surface area contributed by atoms with Crippen LogP contribution in [0.3, 0.4) is 0 Å². The van der Waals surface area contributed by atoms with Gasteiger partial charge in [-0.3, -0.25) is 0 Å². The Balaban J connectivity index is 2.37. The number of urea groups is 1. The second kappa shape index (κ2) is 6.51. The molecule has 1 rings (SSSR count). The first-order valence-corrected chi connectivity index (χ1v) is 7.83. The largest absolute Gasteiger partial charge is 0.338 e. The molecule has 0 atom stereocenters. The van der Waals surface area contributed by atoms with E-state index in [1.165, 1.54) is 18.2 Å². The van der Waals surface area contributed by atoms with Gasteiger partial charge in [-0.25, -0.2) is 17.6 Å². The Morgan fingerprint density at radius 1 is 1.37 bits per heavy atom. The van der Waals surface area contributed by atoms with E-state index < -0.39 is 15.9 Å². The topological polar surface area (TPSA) is 75.3 Å². The van der Waals surface area contributed by atoms with Crippen molar-refractivity contribution in [2.45, 2.75) is 13.3 Å². The zero-order chi connectivity index (χ0) is 14.5. The molecule has 7 heteroatoms. The normalized spacial score (nSPS) is 11.1. The Hall–Kier alpha value is -1.63. The van der Waals surface area contributed by atoms with E-state index in [1.54, 1.807) is 6.92 Å². The van der Waals surface area contributed by atoms with Gasteiger partial charge >= 0.3 is 6.03 Å². The molecule has 2 N–H and O–H groups in total. The number of anilines is 1. The maximum atomic E-state index is 13.0. The number of rotatable bonds is 5. The minimum absolute atomic E-state index is 0.0307. The van der Waals surface area contributed by atoms with Gasteiger partial charge in [-0.1, -0.05) is 0 Å². The number of halogens is 1. The molecule has 0 fully saturated rings. The molecule has 106 valence electrons. The predicted molar refractivity (Wildman–Crippen MR) is 72.5 cm³/mol. The molecule has 0 aromatic heterocycles. The highest BCUT2D eigenvalue weighted by molar-refractivity contribution is 7.90. The molecular weight excluding hydrogens is 271 g/mol. The van der Waals surface area contributed by atoms with Crippen LogP contribution in [0.15, 0.2) is 18.2 Å². The second-order valence-electron chi connectivity index (χ2n) is 4.33. The van der Waals surface area contributed by atoms with Crippen molar-refractivity contribution in [2.75, 3.05) is 23.9 Å². The van der Waals surface area contributed by atoms with Gasteiger partial charge in [0, 0.05) is 18.5 Å². The van der Waals surface area contributed by atoms with Crippen LogP contribution < -0.4 is 10.6 Å². The van der Waals surface area contributed by atoms with Gasteiger partial charge in [0.15, 0.2) is 0 Å². The summed E-state index contributed by atoms with van der Waals surface area (Å²) in [7, 11) is -3.00. The molecule has 0 aliphatic carbocycles. The van der Waals surface area contributed by atoms with Crippen LogP contribution in [0.1, 0.15) is 12.0 Å². The third-order valence-electron chi connectivity index (χ3n) is 2.39. The van der Waals surface area contributed by atoms with Crippen molar-refractivity contribution in [3.8, 4) is 0 Å². The van der Waals surface area contributed by atoms with E-state index in [0.29, 0.717) is 17.7 Å². The fourth-order valence-corrected chi connectivity index (χ4v) is 2.10. The van der Waals surface area contributed by atoms with Crippen LogP contribution in [0.2, 0.25) is 0 Å². The van der Waals surface area contributed by atoms with E-state index in [4.69, 9.17) is 0 Å². The van der Waals surface area contributed by atoms with E-state index >= 15 is 0 Å². The highest BCUT2D eigenvalue weighted by atomic mass is 32.2. The second-order valence-corrected chi connectivity index (χ2v) is 6.59. The van der Waals surface area contributed by atoms with Crippen LogP contribution >= 0.6 is 0 Å². The van der Waals surface area contributed by atoms with Crippen molar-refractivity contribution in [2.24, 2.45) is 0 Å². The lowest BCUT2D eigenvalue weighted by atomic mass is 10.2. The standard InChI is InChI=1S/C12H17FN2O3S/c1-9-8-10(4-5-11(9)13)15-12(16)14-6-3-7-19(2,17)18/h4-5,8H,3,6-7H2,1-2H3,(H2,14,15,16). The molecule has 19 heavy (non-hydrogen) atoms. The number of amides is 2. The van der Waals surface area contributed by atoms with Crippen molar-refractivity contribution in [1.29, 1.82) is 0 Å². The van der Waals surface area contributed by atoms with E-state index in [9.17, 15) is 17.6 Å². The van der Waals surface area contributed by atoms with Gasteiger partial charge in [-0.15, -0.1) is 0 Å². The van der Waals surface area contributed by atoms with Crippen LogP contribution in [0.4, 0.5) is 14.9 Å². The van der Waals surface area contributed by atoms with Crippen LogP contribution in [-0.4, -0.2) is 33.0 Å². The SMILES string of the molecule is Cc1cc(NC(=O)NCCCS(C)(=O)=O)ccc1F. The quantitative estimate of drug-likeness (QED) is 0.810. The Morgan fingerprint density at radius 2 is 2.05 bits per heavy atom. The fourth-order valence-electron chi connectivity index (χ4n) is 1.43. The van der Waals surface area contributed by atoms with Gasteiger partial charge in [0.05, 0.1) is 5.75 Å². The number of aryl methyl sites for hydroxylation is 1. The molecule has 0 radical (unpaired) electrons.